The minimum atomic E-state index is -1.81. The number of halogens is 1. The van der Waals surface area contributed by atoms with Gasteiger partial charge in [-0.3, -0.25) is 19.1 Å². The first kappa shape index (κ1) is 21.5. The number of nitrogens with zero attached hydrogens (tertiary/aromatic N) is 2. The fourth-order valence-electron chi connectivity index (χ4n) is 5.09. The van der Waals surface area contributed by atoms with E-state index in [1.807, 2.05) is 0 Å². The van der Waals surface area contributed by atoms with Crippen molar-refractivity contribution in [3.8, 4) is 17.2 Å². The van der Waals surface area contributed by atoms with Crippen LogP contribution in [-0.4, -0.2) is 47.1 Å². The van der Waals surface area contributed by atoms with Gasteiger partial charge in [0.1, 0.15) is 22.1 Å². The molecule has 1 aromatic heterocycles. The van der Waals surface area contributed by atoms with Crippen molar-refractivity contribution in [3.05, 3.63) is 45.9 Å². The number of rotatable bonds is 3. The highest BCUT2D eigenvalue weighted by Gasteiger charge is 2.63. The first-order valence-corrected chi connectivity index (χ1v) is 10.8. The Kier molecular flexibility index (Phi) is 4.79. The van der Waals surface area contributed by atoms with Crippen LogP contribution >= 0.6 is 11.6 Å². The van der Waals surface area contributed by atoms with E-state index in [0.29, 0.717) is 11.3 Å². The molecule has 3 aliphatic rings. The molecule has 3 atom stereocenters. The number of nitrogens with one attached hydrogen (secondary N) is 1. The van der Waals surface area contributed by atoms with Crippen LogP contribution in [0.2, 0.25) is 5.02 Å². The number of hydrogen-bond acceptors (Lipinski definition) is 7. The third kappa shape index (κ3) is 2.84. The van der Waals surface area contributed by atoms with Crippen molar-refractivity contribution < 1.29 is 28.6 Å². The van der Waals surface area contributed by atoms with Crippen LogP contribution in [-0.2, 0) is 16.6 Å². The zero-order valence-corrected chi connectivity index (χ0v) is 19.3. The van der Waals surface area contributed by atoms with Gasteiger partial charge in [-0.25, -0.2) is 0 Å². The Balaban J connectivity index is 1.67. The summed E-state index contributed by atoms with van der Waals surface area (Å²) in [5, 5.41) is 7.12. The zero-order chi connectivity index (χ0) is 23.7. The second kappa shape index (κ2) is 7.34. The quantitative estimate of drug-likeness (QED) is 0.685. The third-order valence-electron chi connectivity index (χ3n) is 6.69. The number of allylic oxidation sites excluding steroid dienone is 1. The predicted octanol–water partition coefficient (Wildman–Crippen LogP) is 2.57. The second-order valence-electron chi connectivity index (χ2n) is 8.54. The van der Waals surface area contributed by atoms with E-state index in [-0.39, 0.29) is 46.6 Å². The molecule has 1 N–H and O–H groups in total. The fraction of sp³-hybridized carbons (Fsp3) is 0.391. The molecule has 0 fully saturated rings. The number of Topliss-reactive ketones (excluding diaryl/α,β-unsaturated/α-hetero) is 2. The van der Waals surface area contributed by atoms with E-state index in [0.717, 1.165) is 5.56 Å². The van der Waals surface area contributed by atoms with Gasteiger partial charge in [0.25, 0.3) is 0 Å². The number of fused-ring (bicyclic) bond motifs is 1. The molecular formula is C23H22ClN3O6. The molecule has 5 rings (SSSR count). The number of hydrogen-bond donors (Lipinski definition) is 1. The first-order chi connectivity index (χ1) is 15.7. The molecule has 172 valence electrons. The number of ether oxygens (including phenoxy) is 3. The molecule has 9 nitrogen and oxygen atoms in total. The molecule has 1 spiro atoms. The summed E-state index contributed by atoms with van der Waals surface area (Å²) in [7, 11) is 4.62. The van der Waals surface area contributed by atoms with Crippen LogP contribution in [0, 0.1) is 5.92 Å². The highest BCUT2D eigenvalue weighted by atomic mass is 35.5. The van der Waals surface area contributed by atoms with Gasteiger partial charge in [0.2, 0.25) is 23.1 Å². The average molecular weight is 472 g/mol. The Labute approximate surface area is 194 Å². The summed E-state index contributed by atoms with van der Waals surface area (Å²) < 4.78 is 18.5. The number of ketones is 2. The maximum Gasteiger partial charge on any atom is 0.236 e. The fourth-order valence-corrected chi connectivity index (χ4v) is 5.36. The molecule has 0 unspecified atom stereocenters. The van der Waals surface area contributed by atoms with Crippen molar-refractivity contribution >= 4 is 29.1 Å². The van der Waals surface area contributed by atoms with Crippen molar-refractivity contribution in [3.63, 3.8) is 0 Å². The normalized spacial score (nSPS) is 26.2. The summed E-state index contributed by atoms with van der Waals surface area (Å²) in [6.07, 6.45) is 3.74. The Bertz CT molecular complexity index is 1270. The van der Waals surface area contributed by atoms with Gasteiger partial charge in [-0.1, -0.05) is 18.5 Å². The smallest absolute Gasteiger partial charge is 0.236 e. The number of amides is 1. The lowest BCUT2D eigenvalue weighted by Crippen LogP contribution is -2.59. The van der Waals surface area contributed by atoms with Crippen molar-refractivity contribution in [1.82, 2.24) is 15.1 Å². The molecule has 0 radical (unpaired) electrons. The molecule has 1 aliphatic carbocycles. The third-order valence-corrected chi connectivity index (χ3v) is 7.04. The number of aromatic nitrogens is 2. The van der Waals surface area contributed by atoms with Crippen LogP contribution in [0.1, 0.15) is 41.6 Å². The van der Waals surface area contributed by atoms with Crippen molar-refractivity contribution in [2.45, 2.75) is 31.3 Å². The SMILES string of the molecule is COc1cc(OC)c2c(c1Cl)O[C@@]1(C(=O)C3=C(C[C@H]1C)NC(=O)C[C@@H]3c1cnn(C)c1)C2=O. The largest absolute Gasteiger partial charge is 0.496 e. The average Bonchev–Trinajstić information content (AvgIpc) is 3.35. The zero-order valence-electron chi connectivity index (χ0n) is 18.5. The maximum atomic E-state index is 14.1. The van der Waals surface area contributed by atoms with E-state index in [1.165, 1.54) is 20.3 Å². The summed E-state index contributed by atoms with van der Waals surface area (Å²) in [5.74, 6) is -1.72. The standard InChI is InChI=1S/C23H22ClN3O6/c1-10-5-13-17(12(6-16(28)26-13)11-8-25-27(2)9-11)21(29)23(10)22(30)18-14(31-3)7-15(32-4)19(24)20(18)33-23/h7-10,12H,5-6H2,1-4H3,(H,26,28)/t10-,12-,23+/m1/s1. The van der Waals surface area contributed by atoms with Crippen LogP contribution in [0.25, 0.3) is 0 Å². The summed E-state index contributed by atoms with van der Waals surface area (Å²) in [6, 6.07) is 1.50. The number of methoxy groups -OCH3 is 2. The lowest BCUT2D eigenvalue weighted by molar-refractivity contribution is -0.131. The minimum absolute atomic E-state index is 0.0692. The van der Waals surface area contributed by atoms with Gasteiger partial charge < -0.3 is 19.5 Å². The van der Waals surface area contributed by atoms with E-state index in [1.54, 1.807) is 31.0 Å². The Morgan fingerprint density at radius 3 is 2.55 bits per heavy atom. The lowest BCUT2D eigenvalue weighted by atomic mass is 9.66. The van der Waals surface area contributed by atoms with Crippen molar-refractivity contribution in [2.24, 2.45) is 13.0 Å². The van der Waals surface area contributed by atoms with Crippen LogP contribution < -0.4 is 19.5 Å². The highest BCUT2D eigenvalue weighted by Crippen LogP contribution is 2.55. The van der Waals surface area contributed by atoms with E-state index < -0.39 is 29.0 Å². The van der Waals surface area contributed by atoms with Gasteiger partial charge in [0, 0.05) is 48.8 Å². The summed E-state index contributed by atoms with van der Waals surface area (Å²) in [6.45, 7) is 1.75. The molecule has 33 heavy (non-hydrogen) atoms. The molecule has 2 aromatic rings. The summed E-state index contributed by atoms with van der Waals surface area (Å²) in [5.41, 5.74) is -0.0916. The van der Waals surface area contributed by atoms with Gasteiger partial charge in [-0.2, -0.15) is 5.10 Å². The molecule has 0 bridgehead atoms. The molecular weight excluding hydrogens is 450 g/mol. The number of carbonyl (C=O) groups is 3. The molecule has 0 saturated carbocycles. The number of aryl methyl sites for hydroxylation is 1. The molecule has 2 aliphatic heterocycles. The highest BCUT2D eigenvalue weighted by molar-refractivity contribution is 6.36. The monoisotopic (exact) mass is 471 g/mol. The molecule has 1 aromatic carbocycles. The van der Waals surface area contributed by atoms with E-state index in [4.69, 9.17) is 25.8 Å². The van der Waals surface area contributed by atoms with Crippen molar-refractivity contribution in [2.75, 3.05) is 14.2 Å². The minimum Gasteiger partial charge on any atom is -0.496 e. The van der Waals surface area contributed by atoms with Crippen molar-refractivity contribution in [1.29, 1.82) is 0 Å². The van der Waals surface area contributed by atoms with E-state index >= 15 is 0 Å². The van der Waals surface area contributed by atoms with Crippen LogP contribution in [0.4, 0.5) is 0 Å². The van der Waals surface area contributed by atoms with Crippen LogP contribution in [0.15, 0.2) is 29.7 Å². The maximum absolute atomic E-state index is 14.1. The van der Waals surface area contributed by atoms with E-state index in [2.05, 4.69) is 10.4 Å². The van der Waals surface area contributed by atoms with Gasteiger partial charge in [-0.05, 0) is 12.0 Å². The van der Waals surface area contributed by atoms with E-state index in [9.17, 15) is 14.4 Å². The number of carbonyl (C=O) groups excluding carboxylic acids is 3. The Morgan fingerprint density at radius 2 is 1.91 bits per heavy atom. The molecule has 3 heterocycles. The number of benzene rings is 1. The Hall–Kier alpha value is -3.33. The summed E-state index contributed by atoms with van der Waals surface area (Å²) >= 11 is 6.48. The van der Waals surface area contributed by atoms with Gasteiger partial charge in [0.05, 0.1) is 20.4 Å². The molecule has 1 amide bonds. The van der Waals surface area contributed by atoms with Crippen LogP contribution in [0.3, 0.4) is 0 Å². The van der Waals surface area contributed by atoms with Gasteiger partial charge in [0.15, 0.2) is 5.75 Å². The molecule has 10 heteroatoms. The second-order valence-corrected chi connectivity index (χ2v) is 8.92. The van der Waals surface area contributed by atoms with Gasteiger partial charge >= 0.3 is 0 Å². The Morgan fingerprint density at radius 1 is 1.18 bits per heavy atom. The summed E-state index contributed by atoms with van der Waals surface area (Å²) in [4.78, 5) is 40.4. The van der Waals surface area contributed by atoms with Crippen LogP contribution in [0.5, 0.6) is 17.2 Å². The topological polar surface area (TPSA) is 109 Å². The first-order valence-electron chi connectivity index (χ1n) is 10.5. The predicted molar refractivity (Wildman–Crippen MR) is 117 cm³/mol. The molecule has 0 saturated heterocycles. The lowest BCUT2D eigenvalue weighted by Gasteiger charge is -2.41. The van der Waals surface area contributed by atoms with Gasteiger partial charge in [-0.15, -0.1) is 0 Å².